The maximum atomic E-state index is 14.0. The number of rotatable bonds is 7. The third-order valence-corrected chi connectivity index (χ3v) is 7.98. The molecule has 5 aromatic rings. The lowest BCUT2D eigenvalue weighted by atomic mass is 9.95. The maximum absolute atomic E-state index is 14.0. The minimum atomic E-state index is -0.583. The summed E-state index contributed by atoms with van der Waals surface area (Å²) in [6.45, 7) is 1.40. The molecule has 1 saturated heterocycles. The van der Waals surface area contributed by atoms with Crippen molar-refractivity contribution in [3.8, 4) is 0 Å². The summed E-state index contributed by atoms with van der Waals surface area (Å²) in [4.78, 5) is 16.0. The predicted molar refractivity (Wildman–Crippen MR) is 161 cm³/mol. The number of nitrogens with two attached hydrogens (primary N) is 1. The van der Waals surface area contributed by atoms with Gasteiger partial charge in [0, 0.05) is 25.2 Å². The number of benzene rings is 5. The monoisotopic (exact) mass is 513 g/mol. The number of carbonyl (C=O) groups is 1. The van der Waals surface area contributed by atoms with Gasteiger partial charge in [-0.15, -0.1) is 0 Å². The lowest BCUT2D eigenvalue weighted by Gasteiger charge is -2.42. The standard InChI is InChI=1S/C35H35N3O/c36-34(22-27-15-17-29-11-5-7-13-31(29)19-27)35(39)38-24-32(20-25-8-2-1-3-9-25)37-23-33(38)21-26-14-16-28-10-4-6-12-30(28)18-26/h1-19,32-34,37H,20-24,36H2/t32-,33+,34?/m0/s1. The molecule has 4 nitrogen and oxygen atoms in total. The average molecular weight is 514 g/mol. The van der Waals surface area contributed by atoms with Crippen LogP contribution in [0.3, 0.4) is 0 Å². The molecule has 4 heteroatoms. The summed E-state index contributed by atoms with van der Waals surface area (Å²) in [5.41, 5.74) is 10.2. The van der Waals surface area contributed by atoms with Crippen molar-refractivity contribution in [3.05, 3.63) is 132 Å². The number of fused-ring (bicyclic) bond motifs is 2. The summed E-state index contributed by atoms with van der Waals surface area (Å²) in [6.07, 6.45) is 2.21. The van der Waals surface area contributed by atoms with Crippen molar-refractivity contribution in [3.63, 3.8) is 0 Å². The van der Waals surface area contributed by atoms with Gasteiger partial charge in [0.1, 0.15) is 0 Å². The third kappa shape index (κ3) is 5.88. The van der Waals surface area contributed by atoms with Gasteiger partial charge >= 0.3 is 0 Å². The molecule has 1 aliphatic rings. The molecule has 5 aromatic carbocycles. The first-order valence-electron chi connectivity index (χ1n) is 13.9. The second kappa shape index (κ2) is 11.4. The van der Waals surface area contributed by atoms with Crippen LogP contribution in [0, 0.1) is 0 Å². The number of amides is 1. The van der Waals surface area contributed by atoms with Gasteiger partial charge in [0.25, 0.3) is 0 Å². The summed E-state index contributed by atoms with van der Waals surface area (Å²) in [5, 5.41) is 8.57. The van der Waals surface area contributed by atoms with Gasteiger partial charge < -0.3 is 16.0 Å². The fourth-order valence-electron chi connectivity index (χ4n) is 5.91. The van der Waals surface area contributed by atoms with Crippen LogP contribution < -0.4 is 11.1 Å². The maximum Gasteiger partial charge on any atom is 0.240 e. The smallest absolute Gasteiger partial charge is 0.240 e. The Balaban J connectivity index is 1.22. The Morgan fingerprint density at radius 2 is 1.31 bits per heavy atom. The second-order valence-electron chi connectivity index (χ2n) is 10.8. The summed E-state index contributed by atoms with van der Waals surface area (Å²) in [7, 11) is 0. The van der Waals surface area contributed by atoms with Gasteiger partial charge in [0.05, 0.1) is 6.04 Å². The van der Waals surface area contributed by atoms with Gasteiger partial charge in [-0.1, -0.05) is 115 Å². The van der Waals surface area contributed by atoms with Gasteiger partial charge in [-0.2, -0.15) is 0 Å². The topological polar surface area (TPSA) is 58.4 Å². The van der Waals surface area contributed by atoms with E-state index in [-0.39, 0.29) is 18.0 Å². The first-order valence-corrected chi connectivity index (χ1v) is 13.9. The molecule has 1 fully saturated rings. The normalized spacial score (nSPS) is 18.3. The summed E-state index contributed by atoms with van der Waals surface area (Å²) < 4.78 is 0. The number of nitrogens with zero attached hydrogens (tertiary/aromatic N) is 1. The molecule has 0 saturated carbocycles. The molecule has 0 aliphatic carbocycles. The molecule has 0 bridgehead atoms. The van der Waals surface area contributed by atoms with Crippen LogP contribution in [0.1, 0.15) is 16.7 Å². The highest BCUT2D eigenvalue weighted by atomic mass is 16.2. The molecule has 1 aliphatic heterocycles. The van der Waals surface area contributed by atoms with Crippen molar-refractivity contribution >= 4 is 27.5 Å². The molecule has 0 radical (unpaired) electrons. The van der Waals surface area contributed by atoms with Gasteiger partial charge in [-0.3, -0.25) is 4.79 Å². The average Bonchev–Trinajstić information content (AvgIpc) is 2.98. The van der Waals surface area contributed by atoms with Crippen molar-refractivity contribution in [1.29, 1.82) is 0 Å². The highest BCUT2D eigenvalue weighted by Crippen LogP contribution is 2.22. The third-order valence-electron chi connectivity index (χ3n) is 7.98. The van der Waals surface area contributed by atoms with E-state index in [1.54, 1.807) is 0 Å². The Labute approximate surface area is 230 Å². The first-order chi connectivity index (χ1) is 19.1. The predicted octanol–water partition coefficient (Wildman–Crippen LogP) is 5.52. The zero-order valence-electron chi connectivity index (χ0n) is 22.2. The highest BCUT2D eigenvalue weighted by molar-refractivity contribution is 5.85. The van der Waals surface area contributed by atoms with Gasteiger partial charge in [-0.25, -0.2) is 0 Å². The van der Waals surface area contributed by atoms with E-state index >= 15 is 0 Å². The minimum absolute atomic E-state index is 0.0357. The summed E-state index contributed by atoms with van der Waals surface area (Å²) >= 11 is 0. The van der Waals surface area contributed by atoms with Gasteiger partial charge in [0.2, 0.25) is 5.91 Å². The molecule has 0 aromatic heterocycles. The molecular formula is C35H35N3O. The Hall–Kier alpha value is -3.99. The van der Waals surface area contributed by atoms with E-state index in [9.17, 15) is 4.79 Å². The quantitative estimate of drug-likeness (QED) is 0.301. The van der Waals surface area contributed by atoms with Gasteiger partial charge in [0.15, 0.2) is 0 Å². The van der Waals surface area contributed by atoms with Crippen molar-refractivity contribution in [1.82, 2.24) is 10.2 Å². The molecule has 39 heavy (non-hydrogen) atoms. The zero-order valence-corrected chi connectivity index (χ0v) is 22.2. The van der Waals surface area contributed by atoms with E-state index < -0.39 is 6.04 Å². The Bertz CT molecular complexity index is 1580. The fraction of sp³-hybridized carbons (Fsp3) is 0.229. The van der Waals surface area contributed by atoms with Crippen molar-refractivity contribution in [2.75, 3.05) is 13.1 Å². The van der Waals surface area contributed by atoms with Crippen molar-refractivity contribution < 1.29 is 4.79 Å². The number of piperazine rings is 1. The van der Waals surface area contributed by atoms with Crippen molar-refractivity contribution in [2.45, 2.75) is 37.4 Å². The van der Waals surface area contributed by atoms with Crippen LogP contribution in [0.15, 0.2) is 115 Å². The van der Waals surface area contributed by atoms with E-state index in [1.165, 1.54) is 32.7 Å². The van der Waals surface area contributed by atoms with Crippen LogP contribution in [0.4, 0.5) is 0 Å². The van der Waals surface area contributed by atoms with E-state index in [2.05, 4.69) is 107 Å². The molecule has 6 rings (SSSR count). The number of carbonyl (C=O) groups excluding carboxylic acids is 1. The van der Waals surface area contributed by atoms with E-state index in [0.717, 1.165) is 24.9 Å². The van der Waals surface area contributed by atoms with Crippen LogP contribution >= 0.6 is 0 Å². The van der Waals surface area contributed by atoms with E-state index in [1.807, 2.05) is 18.2 Å². The van der Waals surface area contributed by atoms with Crippen LogP contribution in [-0.2, 0) is 24.1 Å². The first kappa shape index (κ1) is 25.3. The van der Waals surface area contributed by atoms with E-state index in [4.69, 9.17) is 5.73 Å². The number of hydrogen-bond acceptors (Lipinski definition) is 3. The number of nitrogens with one attached hydrogen (secondary N) is 1. The lowest BCUT2D eigenvalue weighted by Crippen LogP contribution is -2.62. The van der Waals surface area contributed by atoms with Crippen LogP contribution in [-0.4, -0.2) is 42.0 Å². The van der Waals surface area contributed by atoms with E-state index in [0.29, 0.717) is 13.0 Å². The van der Waals surface area contributed by atoms with Gasteiger partial charge in [-0.05, 0) is 57.5 Å². The number of hydrogen-bond donors (Lipinski definition) is 2. The Kier molecular flexibility index (Phi) is 7.40. The molecule has 196 valence electrons. The largest absolute Gasteiger partial charge is 0.335 e. The zero-order chi connectivity index (χ0) is 26.6. The Morgan fingerprint density at radius 3 is 2.00 bits per heavy atom. The highest BCUT2D eigenvalue weighted by Gasteiger charge is 2.34. The molecule has 1 heterocycles. The van der Waals surface area contributed by atoms with Crippen LogP contribution in [0.2, 0.25) is 0 Å². The molecule has 0 spiro atoms. The Morgan fingerprint density at radius 1 is 0.718 bits per heavy atom. The molecule has 1 unspecified atom stereocenters. The molecule has 1 amide bonds. The van der Waals surface area contributed by atoms with Crippen molar-refractivity contribution in [2.24, 2.45) is 5.73 Å². The summed E-state index contributed by atoms with van der Waals surface area (Å²) in [6, 6.07) is 39.9. The fourth-order valence-corrected chi connectivity index (χ4v) is 5.91. The molecule has 3 N–H and O–H groups in total. The molecular weight excluding hydrogens is 478 g/mol. The van der Waals surface area contributed by atoms with Crippen LogP contribution in [0.5, 0.6) is 0 Å². The SMILES string of the molecule is NC(Cc1ccc2ccccc2c1)C(=O)N1C[C@H](Cc2ccccc2)NC[C@H]1Cc1ccc2ccccc2c1. The molecule has 3 atom stereocenters. The minimum Gasteiger partial charge on any atom is -0.335 e. The summed E-state index contributed by atoms with van der Waals surface area (Å²) in [5.74, 6) is 0.0357. The lowest BCUT2D eigenvalue weighted by molar-refractivity contribution is -0.136. The second-order valence-corrected chi connectivity index (χ2v) is 10.8. The van der Waals surface area contributed by atoms with Crippen LogP contribution in [0.25, 0.3) is 21.5 Å².